The van der Waals surface area contributed by atoms with Gasteiger partial charge in [0.05, 0.1) is 11.2 Å². The number of aromatic hydroxyl groups is 1. The van der Waals surface area contributed by atoms with Gasteiger partial charge in [0.25, 0.3) is 0 Å². The number of nitrogens with one attached hydrogen (secondary N) is 1. The lowest BCUT2D eigenvalue weighted by atomic mass is 9.71. The summed E-state index contributed by atoms with van der Waals surface area (Å²) in [4.78, 5) is 18.1. The molecule has 0 unspecified atom stereocenters. The van der Waals surface area contributed by atoms with Crippen LogP contribution in [0.1, 0.15) is 41.4 Å². The largest absolute Gasteiger partial charge is 0.508 e. The Morgan fingerprint density at radius 3 is 2.56 bits per heavy atom. The highest BCUT2D eigenvalue weighted by atomic mass is 16.3. The highest BCUT2D eigenvalue weighted by molar-refractivity contribution is 6.04. The van der Waals surface area contributed by atoms with Crippen LogP contribution in [0.25, 0.3) is 10.9 Å². The fourth-order valence-corrected chi connectivity index (χ4v) is 5.25. The molecule has 2 aliphatic rings. The molecule has 156 valence electrons. The van der Waals surface area contributed by atoms with Crippen LogP contribution in [0.5, 0.6) is 5.75 Å². The summed E-state index contributed by atoms with van der Waals surface area (Å²) in [7, 11) is 0. The molecule has 0 spiro atoms. The summed E-state index contributed by atoms with van der Waals surface area (Å²) in [6.07, 6.45) is 3.06. The minimum absolute atomic E-state index is 0.148. The van der Waals surface area contributed by atoms with Crippen LogP contribution < -0.4 is 5.32 Å². The zero-order valence-corrected chi connectivity index (χ0v) is 17.5. The topological polar surface area (TPSA) is 62.2 Å². The van der Waals surface area contributed by atoms with Crippen molar-refractivity contribution in [1.29, 1.82) is 0 Å². The van der Waals surface area contributed by atoms with Crippen LogP contribution in [0.4, 0.5) is 5.69 Å². The van der Waals surface area contributed by atoms with E-state index in [1.165, 1.54) is 5.56 Å². The molecule has 0 fully saturated rings. The Labute approximate surface area is 186 Å². The van der Waals surface area contributed by atoms with E-state index in [9.17, 15) is 9.90 Å². The van der Waals surface area contributed by atoms with Crippen LogP contribution in [0.2, 0.25) is 0 Å². The van der Waals surface area contributed by atoms with Crippen molar-refractivity contribution in [2.75, 3.05) is 5.32 Å². The summed E-state index contributed by atoms with van der Waals surface area (Å²) in [6.45, 7) is 0. The first-order valence-electron chi connectivity index (χ1n) is 10.9. The molecule has 0 saturated heterocycles. The second-order valence-electron chi connectivity index (χ2n) is 8.58. The predicted octanol–water partition coefficient (Wildman–Crippen LogP) is 5.90. The van der Waals surface area contributed by atoms with Gasteiger partial charge in [-0.1, -0.05) is 48.5 Å². The first kappa shape index (κ1) is 18.8. The molecule has 4 heteroatoms. The third kappa shape index (κ3) is 2.99. The molecule has 1 aliphatic heterocycles. The Hall–Kier alpha value is -3.92. The molecular weight excluding hydrogens is 396 g/mol. The number of pyridine rings is 1. The van der Waals surface area contributed by atoms with Gasteiger partial charge >= 0.3 is 0 Å². The summed E-state index contributed by atoms with van der Waals surface area (Å²) in [5.41, 5.74) is 6.87. The van der Waals surface area contributed by atoms with E-state index in [0.29, 0.717) is 6.42 Å². The lowest BCUT2D eigenvalue weighted by Crippen LogP contribution is -2.29. The predicted molar refractivity (Wildman–Crippen MR) is 126 cm³/mol. The van der Waals surface area contributed by atoms with Crippen molar-refractivity contribution in [3.63, 3.8) is 0 Å². The molecule has 1 aromatic heterocycles. The lowest BCUT2D eigenvalue weighted by Gasteiger charge is -2.37. The number of anilines is 1. The quantitative estimate of drug-likeness (QED) is 0.426. The van der Waals surface area contributed by atoms with Crippen LogP contribution in [-0.4, -0.2) is 15.9 Å². The molecule has 3 aromatic carbocycles. The van der Waals surface area contributed by atoms with Gasteiger partial charge in [0.2, 0.25) is 0 Å². The summed E-state index contributed by atoms with van der Waals surface area (Å²) in [6, 6.07) is 25.6. The number of hydrogen-bond donors (Lipinski definition) is 2. The van der Waals surface area contributed by atoms with Crippen molar-refractivity contribution in [2.24, 2.45) is 0 Å². The minimum atomic E-state index is -0.220. The summed E-state index contributed by atoms with van der Waals surface area (Å²) in [5.74, 6) is 0.298. The van der Waals surface area contributed by atoms with Gasteiger partial charge < -0.3 is 10.4 Å². The van der Waals surface area contributed by atoms with Gasteiger partial charge in [-0.15, -0.1) is 0 Å². The fraction of sp³-hybridized carbons (Fsp3) is 0.143. The van der Waals surface area contributed by atoms with E-state index in [2.05, 4.69) is 34.6 Å². The molecule has 2 heterocycles. The third-order valence-corrected chi connectivity index (χ3v) is 6.68. The number of ketones is 1. The number of allylic oxidation sites excluding steroid dienone is 2. The number of phenols is 1. The Morgan fingerprint density at radius 2 is 1.72 bits per heavy atom. The van der Waals surface area contributed by atoms with Crippen molar-refractivity contribution < 1.29 is 9.90 Å². The zero-order valence-electron chi connectivity index (χ0n) is 17.5. The van der Waals surface area contributed by atoms with Crippen molar-refractivity contribution in [2.45, 2.75) is 24.7 Å². The number of fused-ring (bicyclic) bond motifs is 3. The molecule has 0 saturated carbocycles. The van der Waals surface area contributed by atoms with Crippen LogP contribution in [0, 0.1) is 0 Å². The smallest absolute Gasteiger partial charge is 0.162 e. The first-order valence-corrected chi connectivity index (χ1v) is 10.9. The molecule has 32 heavy (non-hydrogen) atoms. The molecule has 0 bridgehead atoms. The second kappa shape index (κ2) is 7.34. The van der Waals surface area contributed by atoms with E-state index in [-0.39, 0.29) is 23.4 Å². The van der Waals surface area contributed by atoms with E-state index in [4.69, 9.17) is 0 Å². The van der Waals surface area contributed by atoms with Crippen molar-refractivity contribution in [3.05, 3.63) is 113 Å². The molecule has 2 N–H and O–H groups in total. The number of carbonyl (C=O) groups excluding carboxylic acids is 1. The zero-order chi connectivity index (χ0) is 21.7. The maximum atomic E-state index is 13.6. The average Bonchev–Trinajstić information content (AvgIpc) is 2.83. The number of hydrogen-bond acceptors (Lipinski definition) is 4. The van der Waals surface area contributed by atoms with E-state index in [1.807, 2.05) is 42.5 Å². The van der Waals surface area contributed by atoms with Gasteiger partial charge in [-0.3, -0.25) is 9.78 Å². The number of aromatic nitrogens is 1. The molecule has 6 rings (SSSR count). The van der Waals surface area contributed by atoms with Crippen LogP contribution in [0.15, 0.2) is 96.3 Å². The van der Waals surface area contributed by atoms with Crippen molar-refractivity contribution in [1.82, 2.24) is 4.98 Å². The van der Waals surface area contributed by atoms with Gasteiger partial charge in [-0.2, -0.15) is 0 Å². The van der Waals surface area contributed by atoms with Crippen molar-refractivity contribution in [3.8, 4) is 5.75 Å². The summed E-state index contributed by atoms with van der Waals surface area (Å²) >= 11 is 0. The Bertz CT molecular complexity index is 1390. The Morgan fingerprint density at radius 1 is 0.875 bits per heavy atom. The number of nitrogens with zero attached hydrogens (tertiary/aromatic N) is 1. The lowest BCUT2D eigenvalue weighted by molar-refractivity contribution is -0.116. The van der Waals surface area contributed by atoms with E-state index in [1.54, 1.807) is 18.3 Å². The second-order valence-corrected chi connectivity index (χ2v) is 8.58. The molecule has 2 atom stereocenters. The highest BCUT2D eigenvalue weighted by Crippen LogP contribution is 2.49. The normalized spacial score (nSPS) is 19.9. The molecular formula is C28H22N2O2. The van der Waals surface area contributed by atoms with Gasteiger partial charge in [-0.05, 0) is 59.4 Å². The fourth-order valence-electron chi connectivity index (χ4n) is 5.25. The average molecular weight is 418 g/mol. The highest BCUT2D eigenvalue weighted by Gasteiger charge is 2.38. The van der Waals surface area contributed by atoms with Gasteiger partial charge in [-0.25, -0.2) is 0 Å². The monoisotopic (exact) mass is 418 g/mol. The Kier molecular flexibility index (Phi) is 4.32. The van der Waals surface area contributed by atoms with E-state index < -0.39 is 0 Å². The first-order chi connectivity index (χ1) is 15.7. The van der Waals surface area contributed by atoms with E-state index in [0.717, 1.165) is 45.4 Å². The molecule has 4 nitrogen and oxygen atoms in total. The number of phenolic OH excluding ortho intramolecular Hbond substituents is 1. The van der Waals surface area contributed by atoms with Crippen LogP contribution >= 0.6 is 0 Å². The number of carbonyl (C=O) groups is 1. The standard InChI is InChI=1S/C28H22N2O2/c31-20-9-4-8-18(14-20)26-22-11-12-23-21(10-5-13-29-23)28(22)30-24-15-19(16-25(32)27(24)26)17-6-2-1-3-7-17/h1-14,19,26,30-31H,15-16H2/t19-,26+/m1/s1. The van der Waals surface area contributed by atoms with E-state index >= 15 is 0 Å². The number of benzene rings is 3. The van der Waals surface area contributed by atoms with Gasteiger partial charge in [0.15, 0.2) is 5.78 Å². The SMILES string of the molecule is O=C1C[C@H](c2ccccc2)CC2=C1[C@@H](c1cccc(O)c1)c1ccc3ncccc3c1N2. The molecule has 1 aliphatic carbocycles. The summed E-state index contributed by atoms with van der Waals surface area (Å²) in [5, 5.41) is 14.9. The maximum Gasteiger partial charge on any atom is 0.162 e. The number of rotatable bonds is 2. The molecule has 0 amide bonds. The Balaban J connectivity index is 1.56. The third-order valence-electron chi connectivity index (χ3n) is 6.68. The van der Waals surface area contributed by atoms with Gasteiger partial charge in [0.1, 0.15) is 5.75 Å². The van der Waals surface area contributed by atoms with Crippen LogP contribution in [0.3, 0.4) is 0 Å². The minimum Gasteiger partial charge on any atom is -0.508 e. The molecule has 0 radical (unpaired) electrons. The molecule has 4 aromatic rings. The van der Waals surface area contributed by atoms with Crippen LogP contribution in [-0.2, 0) is 4.79 Å². The summed E-state index contributed by atoms with van der Waals surface area (Å²) < 4.78 is 0. The van der Waals surface area contributed by atoms with Gasteiger partial charge in [0, 0.05) is 35.2 Å². The van der Waals surface area contributed by atoms with Crippen molar-refractivity contribution >= 4 is 22.4 Å². The maximum absolute atomic E-state index is 13.6. The number of Topliss-reactive ketones (excluding diaryl/α,β-unsaturated/α-hetero) is 1.